The predicted octanol–water partition coefficient (Wildman–Crippen LogP) is -0.0851. The number of esters is 1. The Kier molecular flexibility index (Phi) is 7.02. The second-order valence-electron chi connectivity index (χ2n) is 7.36. The van der Waals surface area contributed by atoms with Crippen LogP contribution in [0.15, 0.2) is 23.5 Å². The molecule has 1 aromatic rings. The second kappa shape index (κ2) is 9.68. The maximum absolute atomic E-state index is 11.9. The maximum Gasteiger partial charge on any atom is 0.310 e. The molecular weight excluding hydrogens is 358 g/mol. The quantitative estimate of drug-likeness (QED) is 0.425. The minimum absolute atomic E-state index is 0.0863. The van der Waals surface area contributed by atoms with Crippen molar-refractivity contribution in [3.05, 3.63) is 18.5 Å². The molecule has 2 aliphatic rings. The molecule has 9 heteroatoms. The molecule has 0 bridgehead atoms. The summed E-state index contributed by atoms with van der Waals surface area (Å²) in [4.78, 5) is 31.8. The van der Waals surface area contributed by atoms with Gasteiger partial charge in [0.1, 0.15) is 0 Å². The first-order valence-corrected chi connectivity index (χ1v) is 9.90. The van der Waals surface area contributed by atoms with Gasteiger partial charge in [-0.1, -0.05) is 6.92 Å². The normalized spacial score (nSPS) is 23.8. The van der Waals surface area contributed by atoms with Gasteiger partial charge in [0, 0.05) is 71.8 Å². The Balaban J connectivity index is 1.40. The summed E-state index contributed by atoms with van der Waals surface area (Å²) in [5.41, 5.74) is 0. The number of aromatic nitrogens is 2. The molecule has 0 aromatic carbocycles. The number of piperazine rings is 1. The zero-order valence-corrected chi connectivity index (χ0v) is 17.0. The highest BCUT2D eigenvalue weighted by Crippen LogP contribution is 2.24. The summed E-state index contributed by atoms with van der Waals surface area (Å²) in [7, 11) is 3.24. The van der Waals surface area contributed by atoms with Gasteiger partial charge in [-0.3, -0.25) is 14.7 Å². The number of hydrogen-bond acceptors (Lipinski definition) is 7. The third-order valence-corrected chi connectivity index (χ3v) is 5.55. The number of nitrogens with one attached hydrogen (secondary N) is 1. The lowest BCUT2D eigenvalue weighted by atomic mass is 9.99. The van der Waals surface area contributed by atoms with Crippen molar-refractivity contribution in [2.75, 3.05) is 71.4 Å². The van der Waals surface area contributed by atoms with Gasteiger partial charge in [-0.05, 0) is 12.0 Å². The lowest BCUT2D eigenvalue weighted by Gasteiger charge is -2.34. The number of anilines is 1. The number of aliphatic imine (C=N–C) groups is 1. The van der Waals surface area contributed by atoms with Crippen LogP contribution in [-0.4, -0.2) is 98.2 Å². The Hall–Kier alpha value is -2.42. The summed E-state index contributed by atoms with van der Waals surface area (Å²) in [6.45, 7) is 9.18. The highest BCUT2D eigenvalue weighted by atomic mass is 16.5. The van der Waals surface area contributed by atoms with E-state index >= 15 is 0 Å². The molecule has 0 aliphatic carbocycles. The van der Waals surface area contributed by atoms with Crippen molar-refractivity contribution < 1.29 is 9.53 Å². The van der Waals surface area contributed by atoms with Crippen LogP contribution in [0.25, 0.3) is 0 Å². The summed E-state index contributed by atoms with van der Waals surface area (Å²) in [5, 5.41) is 3.44. The molecule has 2 aliphatic heterocycles. The molecule has 3 heterocycles. The van der Waals surface area contributed by atoms with Gasteiger partial charge in [0.05, 0.1) is 13.0 Å². The van der Waals surface area contributed by atoms with Gasteiger partial charge < -0.3 is 19.9 Å². The fourth-order valence-electron chi connectivity index (χ4n) is 3.88. The Morgan fingerprint density at radius 2 is 1.96 bits per heavy atom. The van der Waals surface area contributed by atoms with Crippen molar-refractivity contribution in [1.29, 1.82) is 0 Å². The number of carbonyl (C=O) groups is 1. The van der Waals surface area contributed by atoms with Crippen LogP contribution in [0.2, 0.25) is 0 Å². The van der Waals surface area contributed by atoms with E-state index in [-0.39, 0.29) is 17.8 Å². The number of ether oxygens (including phenoxy) is 1. The van der Waals surface area contributed by atoms with Crippen LogP contribution >= 0.6 is 0 Å². The molecule has 2 unspecified atom stereocenters. The molecule has 1 aromatic heterocycles. The molecule has 0 spiro atoms. The van der Waals surface area contributed by atoms with E-state index in [1.165, 1.54) is 7.11 Å². The molecule has 2 saturated heterocycles. The molecule has 0 saturated carbocycles. The van der Waals surface area contributed by atoms with E-state index in [4.69, 9.17) is 4.74 Å². The van der Waals surface area contributed by atoms with E-state index in [1.54, 1.807) is 19.4 Å². The Bertz CT molecular complexity index is 662. The van der Waals surface area contributed by atoms with Gasteiger partial charge in [-0.15, -0.1) is 0 Å². The van der Waals surface area contributed by atoms with E-state index < -0.39 is 0 Å². The number of carbonyl (C=O) groups excluding carboxylic acids is 1. The van der Waals surface area contributed by atoms with Crippen LogP contribution in [0.4, 0.5) is 5.95 Å². The van der Waals surface area contributed by atoms with Crippen LogP contribution in [0, 0.1) is 11.8 Å². The van der Waals surface area contributed by atoms with Gasteiger partial charge >= 0.3 is 5.97 Å². The number of methoxy groups -OCH3 is 1. The third-order valence-electron chi connectivity index (χ3n) is 5.55. The first-order valence-electron chi connectivity index (χ1n) is 9.90. The fraction of sp³-hybridized carbons (Fsp3) is 0.684. The van der Waals surface area contributed by atoms with Gasteiger partial charge in [0.2, 0.25) is 5.95 Å². The van der Waals surface area contributed by atoms with Crippen LogP contribution in [-0.2, 0) is 9.53 Å². The Morgan fingerprint density at radius 3 is 2.61 bits per heavy atom. The minimum Gasteiger partial charge on any atom is -0.469 e. The van der Waals surface area contributed by atoms with E-state index in [9.17, 15) is 4.79 Å². The topological polar surface area (TPSA) is 86.2 Å². The van der Waals surface area contributed by atoms with Crippen LogP contribution in [0.5, 0.6) is 0 Å². The largest absolute Gasteiger partial charge is 0.469 e. The minimum atomic E-state index is -0.134. The van der Waals surface area contributed by atoms with Crippen LogP contribution in [0.1, 0.15) is 6.92 Å². The Morgan fingerprint density at radius 1 is 1.25 bits per heavy atom. The average Bonchev–Trinajstić information content (AvgIpc) is 3.13. The lowest BCUT2D eigenvalue weighted by Crippen LogP contribution is -2.50. The van der Waals surface area contributed by atoms with Gasteiger partial charge in [-0.25, -0.2) is 9.97 Å². The van der Waals surface area contributed by atoms with Crippen LogP contribution < -0.4 is 10.2 Å². The van der Waals surface area contributed by atoms with Crippen molar-refractivity contribution in [3.8, 4) is 0 Å². The van der Waals surface area contributed by atoms with Crippen molar-refractivity contribution in [2.24, 2.45) is 16.8 Å². The molecule has 154 valence electrons. The van der Waals surface area contributed by atoms with Crippen molar-refractivity contribution in [3.63, 3.8) is 0 Å². The predicted molar refractivity (Wildman–Crippen MR) is 108 cm³/mol. The maximum atomic E-state index is 11.9. The Labute approximate surface area is 166 Å². The summed E-state index contributed by atoms with van der Waals surface area (Å²) >= 11 is 0. The van der Waals surface area contributed by atoms with E-state index in [0.29, 0.717) is 6.54 Å². The molecule has 2 fully saturated rings. The van der Waals surface area contributed by atoms with Crippen molar-refractivity contribution in [2.45, 2.75) is 6.92 Å². The lowest BCUT2D eigenvalue weighted by molar-refractivity contribution is -0.145. The van der Waals surface area contributed by atoms with E-state index in [1.807, 2.05) is 6.07 Å². The van der Waals surface area contributed by atoms with Gasteiger partial charge in [0.15, 0.2) is 5.96 Å². The standard InChI is InChI=1S/C19H31N7O2/c1-15-13-26(14-16(15)17(27)28-3)18(20-2)23-7-8-24-9-11-25(12-10-24)19-21-5-4-6-22-19/h4-6,15-16H,7-14H2,1-3H3,(H,20,23). The summed E-state index contributed by atoms with van der Waals surface area (Å²) in [6, 6.07) is 1.84. The molecule has 28 heavy (non-hydrogen) atoms. The second-order valence-corrected chi connectivity index (χ2v) is 7.36. The SMILES string of the molecule is CN=C(NCCN1CCN(c2ncccn2)CC1)N1CC(C)C(C(=O)OC)C1. The summed E-state index contributed by atoms with van der Waals surface area (Å²) in [5.74, 6) is 1.71. The molecule has 3 rings (SSSR count). The van der Waals surface area contributed by atoms with Gasteiger partial charge in [0.25, 0.3) is 0 Å². The van der Waals surface area contributed by atoms with E-state index in [2.05, 4.69) is 41.9 Å². The van der Waals surface area contributed by atoms with Gasteiger partial charge in [-0.2, -0.15) is 0 Å². The zero-order chi connectivity index (χ0) is 19.9. The molecule has 0 radical (unpaired) electrons. The highest BCUT2D eigenvalue weighted by Gasteiger charge is 2.36. The zero-order valence-electron chi connectivity index (χ0n) is 17.0. The first kappa shape index (κ1) is 20.3. The highest BCUT2D eigenvalue weighted by molar-refractivity contribution is 5.82. The monoisotopic (exact) mass is 389 g/mol. The van der Waals surface area contributed by atoms with Crippen molar-refractivity contribution in [1.82, 2.24) is 25.1 Å². The number of likely N-dealkylation sites (tertiary alicyclic amines) is 1. The fourth-order valence-corrected chi connectivity index (χ4v) is 3.88. The third kappa shape index (κ3) is 4.89. The smallest absolute Gasteiger partial charge is 0.310 e. The first-order chi connectivity index (χ1) is 13.6. The molecule has 2 atom stereocenters. The molecular formula is C19H31N7O2. The number of hydrogen-bond donors (Lipinski definition) is 1. The average molecular weight is 390 g/mol. The number of guanidine groups is 1. The summed E-state index contributed by atoms with van der Waals surface area (Å²) in [6.07, 6.45) is 3.57. The summed E-state index contributed by atoms with van der Waals surface area (Å²) < 4.78 is 4.92. The van der Waals surface area contributed by atoms with Crippen molar-refractivity contribution >= 4 is 17.9 Å². The molecule has 9 nitrogen and oxygen atoms in total. The van der Waals surface area contributed by atoms with E-state index in [0.717, 1.165) is 57.7 Å². The number of nitrogens with zero attached hydrogens (tertiary/aromatic N) is 6. The number of rotatable bonds is 5. The molecule has 0 amide bonds. The molecule has 1 N–H and O–H groups in total. The van der Waals surface area contributed by atoms with Crippen LogP contribution in [0.3, 0.4) is 0 Å².